The second-order valence-corrected chi connectivity index (χ2v) is 9.28. The quantitative estimate of drug-likeness (QED) is 0.394. The topological polar surface area (TPSA) is 75.5 Å². The van der Waals surface area contributed by atoms with Crippen molar-refractivity contribution in [2.24, 2.45) is 0 Å². The molecule has 0 unspecified atom stereocenters. The highest BCUT2D eigenvalue weighted by Crippen LogP contribution is 2.14. The Morgan fingerprint density at radius 3 is 2.08 bits per heavy atom. The van der Waals surface area contributed by atoms with Crippen molar-refractivity contribution in [3.63, 3.8) is 0 Å². The van der Waals surface area contributed by atoms with E-state index in [1.807, 2.05) is 72.8 Å². The van der Waals surface area contributed by atoms with Crippen molar-refractivity contribution in [1.29, 1.82) is 0 Å². The van der Waals surface area contributed by atoms with E-state index in [0.717, 1.165) is 23.0 Å². The Bertz CT molecular complexity index is 1440. The van der Waals surface area contributed by atoms with E-state index in [-0.39, 0.29) is 30.2 Å². The zero-order valence-corrected chi connectivity index (χ0v) is 20.8. The summed E-state index contributed by atoms with van der Waals surface area (Å²) in [6.07, 6.45) is 1.24. The number of hydrogen-bond acceptors (Lipinski definition) is 4. The lowest BCUT2D eigenvalue weighted by molar-refractivity contribution is -0.132. The van der Waals surface area contributed by atoms with E-state index < -0.39 is 0 Å². The molecular formula is C30H30N4O3. The van der Waals surface area contributed by atoms with Crippen LogP contribution < -0.4 is 5.56 Å². The number of piperazine rings is 1. The lowest BCUT2D eigenvalue weighted by Gasteiger charge is -2.35. The summed E-state index contributed by atoms with van der Waals surface area (Å²) in [6, 6.07) is 26.9. The van der Waals surface area contributed by atoms with Gasteiger partial charge in [0.2, 0.25) is 5.91 Å². The number of para-hydroxylation sites is 2. The number of carbonyl (C=O) groups excluding carboxylic acids is 2. The van der Waals surface area contributed by atoms with Crippen molar-refractivity contribution in [2.45, 2.75) is 25.8 Å². The molecule has 0 N–H and O–H groups in total. The van der Waals surface area contributed by atoms with Crippen molar-refractivity contribution in [2.75, 3.05) is 26.2 Å². The number of rotatable bonds is 7. The summed E-state index contributed by atoms with van der Waals surface area (Å²) in [5.74, 6) is -0.0267. The fourth-order valence-electron chi connectivity index (χ4n) is 4.82. The highest BCUT2D eigenvalue weighted by Gasteiger charge is 2.25. The molecule has 0 saturated carbocycles. The van der Waals surface area contributed by atoms with Crippen LogP contribution in [0.3, 0.4) is 0 Å². The molecule has 4 aromatic rings. The average Bonchev–Trinajstić information content (AvgIpc) is 2.96. The summed E-state index contributed by atoms with van der Waals surface area (Å²) < 4.78 is 1.78. The number of aryl methyl sites for hydroxylation is 3. The first-order chi connectivity index (χ1) is 18.1. The molecule has 1 aliphatic heterocycles. The molecular weight excluding hydrogens is 464 g/mol. The van der Waals surface area contributed by atoms with E-state index in [0.29, 0.717) is 44.0 Å². The lowest BCUT2D eigenvalue weighted by Crippen LogP contribution is -2.50. The van der Waals surface area contributed by atoms with E-state index in [1.165, 1.54) is 0 Å². The van der Waals surface area contributed by atoms with Gasteiger partial charge in [0, 0.05) is 51.1 Å². The zero-order chi connectivity index (χ0) is 25.6. The van der Waals surface area contributed by atoms with E-state index in [9.17, 15) is 14.4 Å². The third-order valence-corrected chi connectivity index (χ3v) is 6.90. The van der Waals surface area contributed by atoms with Gasteiger partial charge >= 0.3 is 0 Å². The average molecular weight is 495 g/mol. The fourth-order valence-corrected chi connectivity index (χ4v) is 4.82. The minimum atomic E-state index is -0.138. The van der Waals surface area contributed by atoms with Crippen LogP contribution in [-0.4, -0.2) is 57.3 Å². The number of aromatic nitrogens is 2. The molecule has 1 aromatic heterocycles. The Morgan fingerprint density at radius 2 is 1.35 bits per heavy atom. The largest absolute Gasteiger partial charge is 0.339 e. The molecule has 0 radical (unpaired) electrons. The van der Waals surface area contributed by atoms with Crippen LogP contribution >= 0.6 is 0 Å². The smallest absolute Gasteiger partial charge is 0.272 e. The summed E-state index contributed by atoms with van der Waals surface area (Å²) in [5, 5.41) is 0. The van der Waals surface area contributed by atoms with Crippen LogP contribution in [0.15, 0.2) is 89.7 Å². The fraction of sp³-hybridized carbons (Fsp3) is 0.267. The summed E-state index contributed by atoms with van der Waals surface area (Å²) >= 11 is 0. The summed E-state index contributed by atoms with van der Waals surface area (Å²) in [4.78, 5) is 47.2. The van der Waals surface area contributed by atoms with Gasteiger partial charge in [-0.15, -0.1) is 0 Å². The van der Waals surface area contributed by atoms with Crippen molar-refractivity contribution in [3.8, 4) is 0 Å². The molecule has 0 atom stereocenters. The number of amides is 2. The lowest BCUT2D eigenvalue weighted by atomic mass is 10.1. The van der Waals surface area contributed by atoms with Crippen LogP contribution in [0.4, 0.5) is 0 Å². The van der Waals surface area contributed by atoms with Gasteiger partial charge in [-0.05, 0) is 36.2 Å². The minimum Gasteiger partial charge on any atom is -0.339 e. The number of fused-ring (bicyclic) bond motifs is 1. The van der Waals surface area contributed by atoms with E-state index in [2.05, 4.69) is 17.1 Å². The van der Waals surface area contributed by atoms with Gasteiger partial charge in [0.1, 0.15) is 5.69 Å². The van der Waals surface area contributed by atoms with Crippen LogP contribution in [0.25, 0.3) is 11.0 Å². The van der Waals surface area contributed by atoms with E-state index in [1.54, 1.807) is 14.4 Å². The Morgan fingerprint density at radius 1 is 0.730 bits per heavy atom. The molecule has 2 amide bonds. The molecule has 37 heavy (non-hydrogen) atoms. The molecule has 0 bridgehead atoms. The molecule has 2 heterocycles. The minimum absolute atomic E-state index is 0.0101. The molecule has 3 aromatic carbocycles. The van der Waals surface area contributed by atoms with Gasteiger partial charge in [-0.1, -0.05) is 60.7 Å². The third kappa shape index (κ3) is 5.61. The van der Waals surface area contributed by atoms with Crippen LogP contribution in [0, 0.1) is 0 Å². The van der Waals surface area contributed by atoms with Gasteiger partial charge in [-0.3, -0.25) is 14.4 Å². The maximum absolute atomic E-state index is 13.4. The van der Waals surface area contributed by atoms with Crippen LogP contribution in [0.2, 0.25) is 0 Å². The predicted octanol–water partition coefficient (Wildman–Crippen LogP) is 3.56. The molecule has 1 aliphatic rings. The number of benzene rings is 3. The third-order valence-electron chi connectivity index (χ3n) is 6.90. The monoisotopic (exact) mass is 494 g/mol. The van der Waals surface area contributed by atoms with Crippen molar-refractivity contribution in [3.05, 3.63) is 112 Å². The summed E-state index contributed by atoms with van der Waals surface area (Å²) in [6.45, 7) is 2.53. The molecule has 1 fully saturated rings. The number of nitrogens with zero attached hydrogens (tertiary/aromatic N) is 4. The van der Waals surface area contributed by atoms with Gasteiger partial charge in [-0.2, -0.15) is 0 Å². The van der Waals surface area contributed by atoms with Crippen molar-refractivity contribution >= 4 is 22.8 Å². The Balaban J connectivity index is 1.24. The Kier molecular flexibility index (Phi) is 7.40. The van der Waals surface area contributed by atoms with Gasteiger partial charge in [-0.25, -0.2) is 4.98 Å². The number of hydrogen-bond donors (Lipinski definition) is 0. The molecule has 0 aliphatic carbocycles. The van der Waals surface area contributed by atoms with Crippen LogP contribution in [0.5, 0.6) is 0 Å². The van der Waals surface area contributed by atoms with Gasteiger partial charge in [0.05, 0.1) is 11.0 Å². The van der Waals surface area contributed by atoms with Crippen LogP contribution in [-0.2, 0) is 24.2 Å². The Labute approximate surface area is 216 Å². The first-order valence-electron chi connectivity index (χ1n) is 12.7. The second kappa shape index (κ2) is 11.2. The Hall–Kier alpha value is -4.26. The molecule has 188 valence electrons. The van der Waals surface area contributed by atoms with Crippen LogP contribution in [0.1, 0.15) is 28.0 Å². The predicted molar refractivity (Wildman–Crippen MR) is 143 cm³/mol. The maximum atomic E-state index is 13.4. The zero-order valence-electron chi connectivity index (χ0n) is 20.8. The molecule has 0 spiro atoms. The summed E-state index contributed by atoms with van der Waals surface area (Å²) in [5.41, 5.74) is 3.66. The number of carbonyl (C=O) groups is 2. The molecule has 1 saturated heterocycles. The standard InChI is InChI=1S/C30H30N4O3/c35-28(32-19-21-33(22-20-32)29(36)24-11-5-2-6-12-24)16-15-26-30(37)34(18-17-23-9-3-1-4-10-23)27-14-8-7-13-25(27)31-26/h1-14H,15-22H2. The highest BCUT2D eigenvalue weighted by atomic mass is 16.2. The highest BCUT2D eigenvalue weighted by molar-refractivity contribution is 5.94. The summed E-state index contributed by atoms with van der Waals surface area (Å²) in [7, 11) is 0. The maximum Gasteiger partial charge on any atom is 0.272 e. The molecule has 7 heteroatoms. The second-order valence-electron chi connectivity index (χ2n) is 9.28. The van der Waals surface area contributed by atoms with Crippen molar-refractivity contribution < 1.29 is 9.59 Å². The van der Waals surface area contributed by atoms with E-state index in [4.69, 9.17) is 0 Å². The first kappa shape index (κ1) is 24.4. The van der Waals surface area contributed by atoms with Gasteiger partial charge in [0.25, 0.3) is 11.5 Å². The van der Waals surface area contributed by atoms with E-state index >= 15 is 0 Å². The van der Waals surface area contributed by atoms with Gasteiger partial charge < -0.3 is 14.4 Å². The molecule has 5 rings (SSSR count). The SMILES string of the molecule is O=C(CCc1nc2ccccc2n(CCc2ccccc2)c1=O)N1CCN(C(=O)c2ccccc2)CC1. The first-order valence-corrected chi connectivity index (χ1v) is 12.7. The van der Waals surface area contributed by atoms with Crippen molar-refractivity contribution in [1.82, 2.24) is 19.4 Å². The van der Waals surface area contributed by atoms with Gasteiger partial charge in [0.15, 0.2) is 0 Å². The normalized spacial score (nSPS) is 13.6. The molecule has 7 nitrogen and oxygen atoms in total.